The Morgan fingerprint density at radius 2 is 1.92 bits per heavy atom. The van der Waals surface area contributed by atoms with Gasteiger partial charge in [0, 0.05) is 21.8 Å². The van der Waals surface area contributed by atoms with E-state index in [1.165, 1.54) is 29.0 Å². The minimum absolute atomic E-state index is 0.160. The second-order valence-corrected chi connectivity index (χ2v) is 9.22. The molecule has 3 heterocycles. The summed E-state index contributed by atoms with van der Waals surface area (Å²) in [4.78, 5) is 19.9. The van der Waals surface area contributed by atoms with Gasteiger partial charge in [0.05, 0.1) is 6.04 Å². The Hall–Kier alpha value is -1.36. The molecule has 2 saturated heterocycles. The molecule has 0 radical (unpaired) electrons. The summed E-state index contributed by atoms with van der Waals surface area (Å²) in [5, 5.41) is 0.753. The van der Waals surface area contributed by atoms with E-state index in [0.717, 1.165) is 30.1 Å². The lowest BCUT2D eigenvalue weighted by Crippen LogP contribution is -2.53. The highest BCUT2D eigenvalue weighted by molar-refractivity contribution is 7.15. The molecule has 2 aliphatic heterocycles. The largest absolute Gasteiger partial charge is 0.336 e. The Balaban J connectivity index is 1.59. The average Bonchev–Trinajstić information content (AvgIpc) is 3.23. The van der Waals surface area contributed by atoms with Gasteiger partial charge >= 0.3 is 0 Å². The Morgan fingerprint density at radius 3 is 2.65 bits per heavy atom. The number of piperidine rings is 1. The first-order chi connectivity index (χ1) is 12.5. The number of thiophene rings is 1. The van der Waals surface area contributed by atoms with E-state index in [9.17, 15) is 4.79 Å². The lowest BCUT2D eigenvalue weighted by molar-refractivity contribution is -0.137. The fourth-order valence-electron chi connectivity index (χ4n) is 4.39. The first-order valence-electron chi connectivity index (χ1n) is 9.37. The predicted molar refractivity (Wildman–Crippen MR) is 109 cm³/mol. The number of likely N-dealkylation sites (tertiary alicyclic amines) is 2. The number of halogens is 1. The van der Waals surface area contributed by atoms with Crippen molar-refractivity contribution in [3.8, 4) is 10.4 Å². The van der Waals surface area contributed by atoms with Crippen molar-refractivity contribution in [2.24, 2.45) is 0 Å². The van der Waals surface area contributed by atoms with E-state index in [4.69, 9.17) is 11.6 Å². The molecular weight excluding hydrogens is 364 g/mol. The normalized spacial score (nSPS) is 27.3. The zero-order chi connectivity index (χ0) is 18.3. The number of carbonyl (C=O) groups is 1. The van der Waals surface area contributed by atoms with Crippen LogP contribution >= 0.6 is 22.9 Å². The first-order valence-corrected chi connectivity index (χ1v) is 10.6. The summed E-state index contributed by atoms with van der Waals surface area (Å²) < 4.78 is 0. The number of carbonyl (C=O) groups excluding carboxylic acids is 1. The lowest BCUT2D eigenvalue weighted by atomic mass is 9.92. The maximum Gasteiger partial charge on any atom is 0.243 e. The van der Waals surface area contributed by atoms with E-state index in [-0.39, 0.29) is 17.5 Å². The van der Waals surface area contributed by atoms with Gasteiger partial charge in [0.15, 0.2) is 0 Å². The summed E-state index contributed by atoms with van der Waals surface area (Å²) >= 11 is 7.91. The van der Waals surface area contributed by atoms with Crippen LogP contribution in [0.4, 0.5) is 0 Å². The number of amides is 1. The molecule has 3 nitrogen and oxygen atoms in total. The van der Waals surface area contributed by atoms with E-state index in [1.807, 2.05) is 30.1 Å². The molecule has 2 aliphatic rings. The van der Waals surface area contributed by atoms with Crippen LogP contribution in [0, 0.1) is 0 Å². The van der Waals surface area contributed by atoms with Crippen LogP contribution in [0.5, 0.6) is 0 Å². The van der Waals surface area contributed by atoms with E-state index in [2.05, 4.69) is 30.0 Å². The lowest BCUT2D eigenvalue weighted by Gasteiger charge is -2.39. The van der Waals surface area contributed by atoms with Gasteiger partial charge in [-0.1, -0.05) is 30.2 Å². The van der Waals surface area contributed by atoms with Crippen molar-refractivity contribution < 1.29 is 4.79 Å². The van der Waals surface area contributed by atoms with Crippen LogP contribution in [0.25, 0.3) is 10.4 Å². The number of likely N-dealkylation sites (N-methyl/N-ethyl adjacent to an activating group) is 1. The Kier molecular flexibility index (Phi) is 4.84. The summed E-state index contributed by atoms with van der Waals surface area (Å²) in [6.07, 6.45) is 4.57. The van der Waals surface area contributed by atoms with Gasteiger partial charge in [-0.3, -0.25) is 9.69 Å². The molecule has 26 heavy (non-hydrogen) atoms. The predicted octanol–water partition coefficient (Wildman–Crippen LogP) is 5.22. The molecule has 1 amide bonds. The zero-order valence-electron chi connectivity index (χ0n) is 15.4. The van der Waals surface area contributed by atoms with E-state index in [1.54, 1.807) is 11.3 Å². The van der Waals surface area contributed by atoms with Gasteiger partial charge < -0.3 is 4.90 Å². The fourth-order valence-corrected chi connectivity index (χ4v) is 5.73. The van der Waals surface area contributed by atoms with E-state index in [0.29, 0.717) is 0 Å². The van der Waals surface area contributed by atoms with Gasteiger partial charge in [0.1, 0.15) is 5.54 Å². The van der Waals surface area contributed by atoms with Gasteiger partial charge in [-0.15, -0.1) is 11.3 Å². The van der Waals surface area contributed by atoms with Crippen LogP contribution in [0.3, 0.4) is 0 Å². The second-order valence-electron chi connectivity index (χ2n) is 7.67. The maximum atomic E-state index is 13.1. The topological polar surface area (TPSA) is 23.6 Å². The van der Waals surface area contributed by atoms with Crippen molar-refractivity contribution in [1.82, 2.24) is 9.80 Å². The molecule has 0 bridgehead atoms. The number of hydrogen-bond donors (Lipinski definition) is 0. The quantitative estimate of drug-likeness (QED) is 0.719. The molecule has 4 rings (SSSR count). The van der Waals surface area contributed by atoms with Crippen molar-refractivity contribution in [2.45, 2.75) is 44.2 Å². The summed E-state index contributed by atoms with van der Waals surface area (Å²) in [7, 11) is 1.96. The highest BCUT2D eigenvalue weighted by Crippen LogP contribution is 2.45. The highest BCUT2D eigenvalue weighted by Gasteiger charge is 2.51. The molecule has 2 atom stereocenters. The molecule has 138 valence electrons. The Bertz CT molecular complexity index is 814. The van der Waals surface area contributed by atoms with E-state index >= 15 is 0 Å². The maximum absolute atomic E-state index is 13.1. The summed E-state index contributed by atoms with van der Waals surface area (Å²) in [5.74, 6) is 0.266. The van der Waals surface area contributed by atoms with Crippen molar-refractivity contribution in [1.29, 1.82) is 0 Å². The first kappa shape index (κ1) is 18.0. The molecule has 0 aliphatic carbocycles. The molecule has 0 spiro atoms. The smallest absolute Gasteiger partial charge is 0.243 e. The van der Waals surface area contributed by atoms with Crippen LogP contribution in [0.15, 0.2) is 36.4 Å². The molecule has 1 aromatic heterocycles. The SMILES string of the molecule is CN1C(=O)C(C)(N2CCCCC2)CC1c1ccc(-c2cccc(Cl)c2)s1. The van der Waals surface area contributed by atoms with Crippen molar-refractivity contribution >= 4 is 28.8 Å². The number of hydrogen-bond acceptors (Lipinski definition) is 3. The third-order valence-electron chi connectivity index (χ3n) is 5.96. The minimum atomic E-state index is -0.361. The Morgan fingerprint density at radius 1 is 1.15 bits per heavy atom. The number of rotatable bonds is 3. The van der Waals surface area contributed by atoms with Gasteiger partial charge in [-0.2, -0.15) is 0 Å². The summed E-state index contributed by atoms with van der Waals surface area (Å²) in [6, 6.07) is 12.5. The van der Waals surface area contributed by atoms with Crippen LogP contribution in [0.2, 0.25) is 5.02 Å². The van der Waals surface area contributed by atoms with Gasteiger partial charge in [-0.05, 0) is 69.1 Å². The molecular formula is C21H25ClN2OS. The molecule has 2 aromatic rings. The van der Waals surface area contributed by atoms with Gasteiger partial charge in [-0.25, -0.2) is 0 Å². The van der Waals surface area contributed by atoms with Gasteiger partial charge in [0.25, 0.3) is 0 Å². The van der Waals surface area contributed by atoms with Crippen LogP contribution in [0.1, 0.15) is 43.5 Å². The van der Waals surface area contributed by atoms with Gasteiger partial charge in [0.2, 0.25) is 5.91 Å². The average molecular weight is 389 g/mol. The summed E-state index contributed by atoms with van der Waals surface area (Å²) in [6.45, 7) is 4.23. The molecule has 0 saturated carbocycles. The fraction of sp³-hybridized carbons (Fsp3) is 0.476. The van der Waals surface area contributed by atoms with Crippen molar-refractivity contribution in [3.63, 3.8) is 0 Å². The molecule has 0 N–H and O–H groups in total. The molecule has 2 fully saturated rings. The number of nitrogens with zero attached hydrogens (tertiary/aromatic N) is 2. The van der Waals surface area contributed by atoms with Crippen LogP contribution in [-0.2, 0) is 4.79 Å². The zero-order valence-corrected chi connectivity index (χ0v) is 16.9. The third kappa shape index (κ3) is 3.08. The highest BCUT2D eigenvalue weighted by atomic mass is 35.5. The monoisotopic (exact) mass is 388 g/mol. The van der Waals surface area contributed by atoms with E-state index < -0.39 is 0 Å². The number of benzene rings is 1. The second kappa shape index (κ2) is 6.99. The minimum Gasteiger partial charge on any atom is -0.336 e. The van der Waals surface area contributed by atoms with Crippen LogP contribution < -0.4 is 0 Å². The standard InChI is InChI=1S/C21H25ClN2OS/c1-21(24-11-4-3-5-12-24)14-17(23(2)20(21)25)19-10-9-18(26-19)15-7-6-8-16(22)13-15/h6-10,13,17H,3-5,11-12,14H2,1-2H3. The summed E-state index contributed by atoms with van der Waals surface area (Å²) in [5.41, 5.74) is 0.777. The van der Waals surface area contributed by atoms with Crippen LogP contribution in [-0.4, -0.2) is 41.4 Å². The molecule has 5 heteroatoms. The van der Waals surface area contributed by atoms with Crippen molar-refractivity contribution in [3.05, 3.63) is 46.3 Å². The third-order valence-corrected chi connectivity index (χ3v) is 7.43. The Labute approximate surface area is 164 Å². The molecule has 2 unspecified atom stereocenters. The molecule has 1 aromatic carbocycles. The van der Waals surface area contributed by atoms with Crippen molar-refractivity contribution in [2.75, 3.05) is 20.1 Å².